The van der Waals surface area contributed by atoms with Crippen LogP contribution in [0.4, 0.5) is 13.2 Å². The van der Waals surface area contributed by atoms with Crippen molar-refractivity contribution >= 4 is 11.9 Å². The molecule has 1 aliphatic heterocycles. The van der Waals surface area contributed by atoms with Crippen molar-refractivity contribution in [2.75, 3.05) is 19.6 Å². The molecule has 1 saturated heterocycles. The first kappa shape index (κ1) is 26.2. The number of nitrogens with one attached hydrogen (secondary N) is 1. The lowest BCUT2D eigenvalue weighted by Gasteiger charge is -2.46. The first-order chi connectivity index (χ1) is 16.9. The fourth-order valence-electron chi connectivity index (χ4n) is 5.44. The molecule has 0 bridgehead atoms. The van der Waals surface area contributed by atoms with Crippen molar-refractivity contribution in [1.82, 2.24) is 20.0 Å². The molecule has 7 nitrogen and oxygen atoms in total. The van der Waals surface area contributed by atoms with E-state index in [0.29, 0.717) is 13.0 Å². The molecule has 10 heteroatoms. The predicted octanol–water partition coefficient (Wildman–Crippen LogP) is 4.99. The molecule has 1 amide bonds. The van der Waals surface area contributed by atoms with Gasteiger partial charge in [-0.2, -0.15) is 18.3 Å². The van der Waals surface area contributed by atoms with Gasteiger partial charge < -0.3 is 15.3 Å². The minimum absolute atomic E-state index is 0.00523. The Kier molecular flexibility index (Phi) is 7.45. The van der Waals surface area contributed by atoms with Gasteiger partial charge in [0.25, 0.3) is 5.91 Å². The van der Waals surface area contributed by atoms with E-state index >= 15 is 0 Å². The minimum atomic E-state index is -4.55. The smallest absolute Gasteiger partial charge is 0.417 e. The minimum Gasteiger partial charge on any atom is -0.481 e. The Hall–Kier alpha value is -2.88. The lowest BCUT2D eigenvalue weighted by Crippen LogP contribution is -2.54. The van der Waals surface area contributed by atoms with Crippen LogP contribution in [0, 0.1) is 5.41 Å². The Morgan fingerprint density at radius 2 is 1.86 bits per heavy atom. The number of carboxylic acid groups (broad SMARTS) is 1. The van der Waals surface area contributed by atoms with Gasteiger partial charge in [0.05, 0.1) is 23.7 Å². The number of hydrogen-bond acceptors (Lipinski definition) is 4. The van der Waals surface area contributed by atoms with Crippen LogP contribution in [0.15, 0.2) is 30.3 Å². The number of amides is 1. The number of benzene rings is 1. The zero-order valence-corrected chi connectivity index (χ0v) is 20.6. The normalized spacial score (nSPS) is 19.1. The Bertz CT molecular complexity index is 1100. The van der Waals surface area contributed by atoms with E-state index < -0.39 is 29.7 Å². The summed E-state index contributed by atoms with van der Waals surface area (Å²) in [5.74, 6) is -1.60. The topological polar surface area (TPSA) is 87.5 Å². The number of carbonyl (C=O) groups is 2. The van der Waals surface area contributed by atoms with Crippen molar-refractivity contribution in [1.29, 1.82) is 0 Å². The van der Waals surface area contributed by atoms with E-state index in [1.54, 1.807) is 4.68 Å². The molecule has 1 saturated carbocycles. The molecule has 2 aliphatic rings. The standard InChI is InChI=1S/C26H33F3N4O3/c1-25(2)15-32(16-25)12-11-17(13-23(34)35)30-24(36)21-14-22(33(31-21)18-7-3-4-8-18)19-9-5-6-10-20(19)26(27,28)29/h5-6,9-10,14,17-18H,3-4,7-8,11-13,15-16H2,1-2H3,(H,30,36)(H,34,35)/t17-/m0/s1. The molecular formula is C26H33F3N4O3. The maximum absolute atomic E-state index is 13.8. The lowest BCUT2D eigenvalue weighted by atomic mass is 9.84. The van der Waals surface area contributed by atoms with Crippen LogP contribution >= 0.6 is 0 Å². The molecule has 196 valence electrons. The zero-order chi connectivity index (χ0) is 26.1. The number of rotatable bonds is 9. The summed E-state index contributed by atoms with van der Waals surface area (Å²) in [6, 6.07) is 6.00. The number of carboxylic acids is 1. The van der Waals surface area contributed by atoms with Crippen LogP contribution in [0.5, 0.6) is 0 Å². The Balaban J connectivity index is 1.58. The van der Waals surface area contributed by atoms with Gasteiger partial charge in [-0.3, -0.25) is 14.3 Å². The quantitative estimate of drug-likeness (QED) is 0.501. The molecule has 0 radical (unpaired) electrons. The molecule has 2 aromatic rings. The molecular weight excluding hydrogens is 473 g/mol. The summed E-state index contributed by atoms with van der Waals surface area (Å²) in [6.07, 6.45) is -0.893. The SMILES string of the molecule is CC1(C)CN(CC[C@@H](CC(=O)O)NC(=O)c2cc(-c3ccccc3C(F)(F)F)n(C3CCCC3)n2)C1. The number of aliphatic carboxylic acids is 1. The van der Waals surface area contributed by atoms with Crippen molar-refractivity contribution in [3.63, 3.8) is 0 Å². The van der Waals surface area contributed by atoms with Gasteiger partial charge in [0.2, 0.25) is 0 Å². The number of alkyl halides is 3. The molecule has 1 atom stereocenters. The molecule has 36 heavy (non-hydrogen) atoms. The summed E-state index contributed by atoms with van der Waals surface area (Å²) in [5.41, 5.74) is -0.322. The molecule has 2 heterocycles. The van der Waals surface area contributed by atoms with Crippen LogP contribution in [0.2, 0.25) is 0 Å². The Labute approximate surface area is 208 Å². The summed E-state index contributed by atoms with van der Waals surface area (Å²) in [6.45, 7) is 6.80. The highest BCUT2D eigenvalue weighted by molar-refractivity contribution is 5.94. The van der Waals surface area contributed by atoms with Crippen LogP contribution in [-0.4, -0.2) is 57.3 Å². The number of carbonyl (C=O) groups excluding carboxylic acids is 1. The number of aromatic nitrogens is 2. The van der Waals surface area contributed by atoms with Crippen LogP contribution < -0.4 is 5.32 Å². The van der Waals surface area contributed by atoms with Gasteiger partial charge in [-0.15, -0.1) is 0 Å². The van der Waals surface area contributed by atoms with Crippen LogP contribution in [0.25, 0.3) is 11.3 Å². The number of hydrogen-bond donors (Lipinski definition) is 2. The fraction of sp³-hybridized carbons (Fsp3) is 0.577. The number of likely N-dealkylation sites (tertiary alicyclic amines) is 1. The highest BCUT2D eigenvalue weighted by atomic mass is 19.4. The maximum Gasteiger partial charge on any atom is 0.417 e. The third-order valence-electron chi connectivity index (χ3n) is 7.00. The highest BCUT2D eigenvalue weighted by Crippen LogP contribution is 2.40. The van der Waals surface area contributed by atoms with E-state index in [-0.39, 0.29) is 34.8 Å². The monoisotopic (exact) mass is 506 g/mol. The van der Waals surface area contributed by atoms with Gasteiger partial charge >= 0.3 is 12.1 Å². The van der Waals surface area contributed by atoms with E-state index in [1.807, 2.05) is 0 Å². The summed E-state index contributed by atoms with van der Waals surface area (Å²) in [4.78, 5) is 26.8. The van der Waals surface area contributed by atoms with E-state index in [2.05, 4.69) is 29.2 Å². The van der Waals surface area contributed by atoms with Crippen LogP contribution in [0.1, 0.15) is 74.5 Å². The second-order valence-corrected chi connectivity index (χ2v) is 10.8. The van der Waals surface area contributed by atoms with Gasteiger partial charge in [0, 0.05) is 31.2 Å². The maximum atomic E-state index is 13.8. The summed E-state index contributed by atoms with van der Waals surface area (Å²) < 4.78 is 42.9. The van der Waals surface area contributed by atoms with Crippen molar-refractivity contribution in [2.45, 2.75) is 70.6 Å². The second-order valence-electron chi connectivity index (χ2n) is 10.8. The molecule has 0 spiro atoms. The molecule has 1 aromatic carbocycles. The summed E-state index contributed by atoms with van der Waals surface area (Å²) in [5, 5.41) is 16.6. The van der Waals surface area contributed by atoms with E-state index in [9.17, 15) is 27.9 Å². The average Bonchev–Trinajstić information content (AvgIpc) is 3.45. The lowest BCUT2D eigenvalue weighted by molar-refractivity contribution is -0.138. The zero-order valence-electron chi connectivity index (χ0n) is 20.6. The average molecular weight is 507 g/mol. The molecule has 1 aromatic heterocycles. The van der Waals surface area contributed by atoms with E-state index in [1.165, 1.54) is 24.3 Å². The summed E-state index contributed by atoms with van der Waals surface area (Å²) >= 11 is 0. The third kappa shape index (κ3) is 6.08. The first-order valence-electron chi connectivity index (χ1n) is 12.4. The Morgan fingerprint density at radius 3 is 2.47 bits per heavy atom. The van der Waals surface area contributed by atoms with E-state index in [4.69, 9.17) is 0 Å². The van der Waals surface area contributed by atoms with Gasteiger partial charge in [0.15, 0.2) is 5.69 Å². The molecule has 1 aliphatic carbocycles. The van der Waals surface area contributed by atoms with E-state index in [0.717, 1.165) is 44.8 Å². The van der Waals surface area contributed by atoms with Crippen molar-refractivity contribution in [2.24, 2.45) is 5.41 Å². The van der Waals surface area contributed by atoms with Gasteiger partial charge in [0.1, 0.15) is 0 Å². The van der Waals surface area contributed by atoms with Crippen molar-refractivity contribution in [3.05, 3.63) is 41.6 Å². The van der Waals surface area contributed by atoms with Gasteiger partial charge in [-0.25, -0.2) is 0 Å². The third-order valence-corrected chi connectivity index (χ3v) is 7.00. The second kappa shape index (κ2) is 10.2. The first-order valence-corrected chi connectivity index (χ1v) is 12.4. The molecule has 2 N–H and O–H groups in total. The Morgan fingerprint density at radius 1 is 1.19 bits per heavy atom. The summed E-state index contributed by atoms with van der Waals surface area (Å²) in [7, 11) is 0. The van der Waals surface area contributed by atoms with Crippen molar-refractivity contribution < 1.29 is 27.9 Å². The molecule has 2 fully saturated rings. The van der Waals surface area contributed by atoms with Crippen molar-refractivity contribution in [3.8, 4) is 11.3 Å². The molecule has 4 rings (SSSR count). The predicted molar refractivity (Wildman–Crippen MR) is 129 cm³/mol. The highest BCUT2D eigenvalue weighted by Gasteiger charge is 2.36. The number of nitrogens with zero attached hydrogens (tertiary/aromatic N) is 3. The fourth-order valence-corrected chi connectivity index (χ4v) is 5.44. The van der Waals surface area contributed by atoms with Crippen LogP contribution in [0.3, 0.4) is 0 Å². The van der Waals surface area contributed by atoms with Crippen LogP contribution in [-0.2, 0) is 11.0 Å². The number of halogens is 3. The largest absolute Gasteiger partial charge is 0.481 e. The van der Waals surface area contributed by atoms with Gasteiger partial charge in [-0.1, -0.05) is 44.9 Å². The molecule has 0 unspecified atom stereocenters. The van der Waals surface area contributed by atoms with Gasteiger partial charge in [-0.05, 0) is 36.8 Å².